The molecule has 0 radical (unpaired) electrons. The van der Waals surface area contributed by atoms with Crippen LogP contribution in [-0.2, 0) is 28.9 Å². The van der Waals surface area contributed by atoms with Crippen LogP contribution in [0.1, 0.15) is 23.1 Å². The molecule has 0 bridgehead atoms. The molecule has 0 aromatic heterocycles. The van der Waals surface area contributed by atoms with Crippen molar-refractivity contribution in [2.45, 2.75) is 37.8 Å². The number of rotatable bonds is 10. The van der Waals surface area contributed by atoms with Gasteiger partial charge in [0.1, 0.15) is 6.04 Å². The zero-order valence-electron chi connectivity index (χ0n) is 22.7. The first kappa shape index (κ1) is 27.5. The van der Waals surface area contributed by atoms with Gasteiger partial charge in [0.25, 0.3) is 0 Å². The number of fused-ring (bicyclic) bond motifs is 1. The number of methoxy groups -OCH3 is 4. The van der Waals surface area contributed by atoms with E-state index in [1.807, 2.05) is 37.4 Å². The first-order chi connectivity index (χ1) is 18.3. The number of ether oxygens (including phenoxy) is 4. The number of hydrogen-bond acceptors (Lipinski definition) is 8. The summed E-state index contributed by atoms with van der Waals surface area (Å²) in [5.41, 5.74) is 2.96. The minimum absolute atomic E-state index is 0.115. The van der Waals surface area contributed by atoms with E-state index in [0.29, 0.717) is 55.5 Å². The minimum Gasteiger partial charge on any atom is -0.493 e. The molecule has 1 N–H and O–H groups in total. The summed E-state index contributed by atoms with van der Waals surface area (Å²) < 4.78 is 21.6. The quantitative estimate of drug-likeness (QED) is 0.499. The molecule has 2 aromatic rings. The highest BCUT2D eigenvalue weighted by atomic mass is 16.5. The standard InChI is InChI=1S/C28H37N3O7/c1-29(11-8-18-6-7-22(35-2)23(14-18)36-3)21-10-13-31(27(21)28(33)34)30-12-9-19-15-24(37-4)25(38-5)16-20(19)17-26(30)32/h6-7,14-16,21,27H,8-13,17H2,1-5H3,(H,33,34)/t21?,27-/m0/s1. The number of hydrazine groups is 1. The first-order valence-electron chi connectivity index (χ1n) is 12.8. The molecule has 0 aliphatic carbocycles. The number of hydrogen-bond donors (Lipinski definition) is 1. The molecule has 2 aliphatic heterocycles. The predicted octanol–water partition coefficient (Wildman–Crippen LogP) is 2.27. The second kappa shape index (κ2) is 11.9. The maximum atomic E-state index is 13.4. The highest BCUT2D eigenvalue weighted by Crippen LogP contribution is 2.34. The fraction of sp³-hybridized carbons (Fsp3) is 0.500. The Kier molecular flexibility index (Phi) is 8.63. The van der Waals surface area contributed by atoms with Crippen molar-refractivity contribution in [3.63, 3.8) is 0 Å². The van der Waals surface area contributed by atoms with Gasteiger partial charge in [0.05, 0.1) is 34.9 Å². The highest BCUT2D eigenvalue weighted by molar-refractivity contribution is 5.81. The van der Waals surface area contributed by atoms with Gasteiger partial charge in [-0.3, -0.25) is 14.6 Å². The molecule has 2 aromatic carbocycles. The van der Waals surface area contributed by atoms with Crippen molar-refractivity contribution < 1.29 is 33.6 Å². The molecule has 0 saturated carbocycles. The number of aliphatic carboxylic acids is 1. The van der Waals surface area contributed by atoms with Crippen molar-refractivity contribution in [2.75, 3.05) is 55.1 Å². The largest absolute Gasteiger partial charge is 0.493 e. The van der Waals surface area contributed by atoms with Crippen LogP contribution >= 0.6 is 0 Å². The van der Waals surface area contributed by atoms with Crippen LogP contribution in [0.5, 0.6) is 23.0 Å². The van der Waals surface area contributed by atoms with Gasteiger partial charge >= 0.3 is 5.97 Å². The lowest BCUT2D eigenvalue weighted by atomic mass is 10.0. The maximum absolute atomic E-state index is 13.4. The Bertz CT molecular complexity index is 1170. The Morgan fingerprint density at radius 2 is 1.58 bits per heavy atom. The molecule has 10 heteroatoms. The van der Waals surface area contributed by atoms with E-state index >= 15 is 0 Å². The van der Waals surface area contributed by atoms with Crippen molar-refractivity contribution in [2.24, 2.45) is 0 Å². The minimum atomic E-state index is -0.927. The van der Waals surface area contributed by atoms with Gasteiger partial charge in [-0.25, -0.2) is 5.01 Å². The number of carbonyl (C=O) groups is 2. The van der Waals surface area contributed by atoms with Crippen molar-refractivity contribution in [1.82, 2.24) is 14.9 Å². The Morgan fingerprint density at radius 1 is 0.947 bits per heavy atom. The summed E-state index contributed by atoms with van der Waals surface area (Å²) >= 11 is 0. The van der Waals surface area contributed by atoms with E-state index in [0.717, 1.165) is 23.1 Å². The molecule has 2 atom stereocenters. The van der Waals surface area contributed by atoms with E-state index in [2.05, 4.69) is 4.90 Å². The van der Waals surface area contributed by atoms with Crippen LogP contribution in [0.3, 0.4) is 0 Å². The Balaban J connectivity index is 1.47. The molecule has 2 aliphatic rings. The van der Waals surface area contributed by atoms with Crippen molar-refractivity contribution in [1.29, 1.82) is 0 Å². The lowest BCUT2D eigenvalue weighted by Gasteiger charge is -2.36. The van der Waals surface area contributed by atoms with E-state index in [4.69, 9.17) is 18.9 Å². The second-order valence-corrected chi connectivity index (χ2v) is 9.64. The monoisotopic (exact) mass is 527 g/mol. The van der Waals surface area contributed by atoms with Crippen LogP contribution in [0, 0.1) is 0 Å². The average Bonchev–Trinajstić information content (AvgIpc) is 3.30. The summed E-state index contributed by atoms with van der Waals surface area (Å²) in [6, 6.07) is 8.51. The van der Waals surface area contributed by atoms with Crippen molar-refractivity contribution >= 4 is 11.9 Å². The SMILES string of the molecule is COc1ccc(CCN(C)C2CCN(N3CCc4cc(OC)c(OC)cc4CC3=O)[C@@H]2C(=O)O)cc1OC. The summed E-state index contributed by atoms with van der Waals surface area (Å²) in [5, 5.41) is 13.6. The molecule has 4 rings (SSSR count). The Hall–Kier alpha value is -3.50. The molecule has 0 spiro atoms. The van der Waals surface area contributed by atoms with E-state index < -0.39 is 12.0 Å². The van der Waals surface area contributed by atoms with Gasteiger partial charge in [-0.2, -0.15) is 0 Å². The maximum Gasteiger partial charge on any atom is 0.324 e. The smallest absolute Gasteiger partial charge is 0.324 e. The van der Waals surface area contributed by atoms with Crippen LogP contribution in [0.4, 0.5) is 0 Å². The number of nitrogens with zero attached hydrogens (tertiary/aromatic N) is 3. The molecular weight excluding hydrogens is 490 g/mol. The van der Waals surface area contributed by atoms with Crippen LogP contribution < -0.4 is 18.9 Å². The first-order valence-corrected chi connectivity index (χ1v) is 12.8. The number of carboxylic acids is 1. The van der Waals surface area contributed by atoms with Gasteiger partial charge in [0, 0.05) is 25.7 Å². The van der Waals surface area contributed by atoms with Crippen LogP contribution in [0.15, 0.2) is 30.3 Å². The highest BCUT2D eigenvalue weighted by Gasteiger charge is 2.45. The number of likely N-dealkylation sites (N-methyl/N-ethyl adjacent to an activating group) is 1. The number of carbonyl (C=O) groups excluding carboxylic acids is 1. The molecule has 1 unspecified atom stereocenters. The molecular formula is C28H37N3O7. The van der Waals surface area contributed by atoms with Gasteiger partial charge in [0.2, 0.25) is 5.91 Å². The number of amides is 1. The van der Waals surface area contributed by atoms with Crippen molar-refractivity contribution in [3.05, 3.63) is 47.0 Å². The van der Waals surface area contributed by atoms with E-state index in [1.54, 1.807) is 38.5 Å². The van der Waals surface area contributed by atoms with Crippen LogP contribution in [-0.4, -0.2) is 99.1 Å². The van der Waals surface area contributed by atoms with Crippen molar-refractivity contribution in [3.8, 4) is 23.0 Å². The average molecular weight is 528 g/mol. The van der Waals surface area contributed by atoms with E-state index in [1.165, 1.54) is 0 Å². The van der Waals surface area contributed by atoms with Crippen LogP contribution in [0.25, 0.3) is 0 Å². The second-order valence-electron chi connectivity index (χ2n) is 9.64. The normalized spacial score (nSPS) is 19.7. The van der Waals surface area contributed by atoms with Crippen LogP contribution in [0.2, 0.25) is 0 Å². The third kappa shape index (κ3) is 5.51. The van der Waals surface area contributed by atoms with E-state index in [-0.39, 0.29) is 18.4 Å². The van der Waals surface area contributed by atoms with Gasteiger partial charge < -0.3 is 29.0 Å². The molecule has 10 nitrogen and oxygen atoms in total. The zero-order valence-corrected chi connectivity index (χ0v) is 22.7. The Morgan fingerprint density at radius 3 is 2.21 bits per heavy atom. The fourth-order valence-electron chi connectivity index (χ4n) is 5.53. The topological polar surface area (TPSA) is 101 Å². The molecule has 1 amide bonds. The fourth-order valence-corrected chi connectivity index (χ4v) is 5.53. The molecule has 38 heavy (non-hydrogen) atoms. The number of carboxylic acid groups (broad SMARTS) is 1. The summed E-state index contributed by atoms with van der Waals surface area (Å²) in [7, 11) is 8.31. The van der Waals surface area contributed by atoms with Gasteiger partial charge in [-0.1, -0.05) is 6.07 Å². The van der Waals surface area contributed by atoms with Gasteiger partial charge in [0.15, 0.2) is 23.0 Å². The summed E-state index contributed by atoms with van der Waals surface area (Å²) in [5.74, 6) is 1.49. The van der Waals surface area contributed by atoms with Gasteiger partial charge in [-0.15, -0.1) is 0 Å². The van der Waals surface area contributed by atoms with Gasteiger partial charge in [-0.05, 0) is 67.3 Å². The lowest BCUT2D eigenvalue weighted by molar-refractivity contribution is -0.161. The molecule has 1 fully saturated rings. The molecule has 1 saturated heterocycles. The lowest BCUT2D eigenvalue weighted by Crippen LogP contribution is -2.56. The van der Waals surface area contributed by atoms with E-state index in [9.17, 15) is 14.7 Å². The Labute approximate surface area is 223 Å². The molecule has 206 valence electrons. The summed E-state index contributed by atoms with van der Waals surface area (Å²) in [4.78, 5) is 28.0. The summed E-state index contributed by atoms with van der Waals surface area (Å²) in [6.45, 7) is 1.57. The predicted molar refractivity (Wildman–Crippen MR) is 141 cm³/mol. The molecule has 2 heterocycles. The number of benzene rings is 2. The third-order valence-corrected chi connectivity index (χ3v) is 7.60. The third-order valence-electron chi connectivity index (χ3n) is 7.60. The zero-order chi connectivity index (χ0) is 27.4. The summed E-state index contributed by atoms with van der Waals surface area (Å²) in [6.07, 6.45) is 2.15.